The van der Waals surface area contributed by atoms with Crippen molar-refractivity contribution in [3.63, 3.8) is 0 Å². The topological polar surface area (TPSA) is 72.2 Å². The Bertz CT molecular complexity index is 496. The number of benzene rings is 1. The minimum absolute atomic E-state index is 0.0119. The van der Waals surface area contributed by atoms with Crippen molar-refractivity contribution in [3.05, 3.63) is 39.9 Å². The van der Waals surface area contributed by atoms with Gasteiger partial charge in [-0.2, -0.15) is 0 Å². The van der Waals surface area contributed by atoms with Gasteiger partial charge in [0.2, 0.25) is 0 Å². The van der Waals surface area contributed by atoms with E-state index in [4.69, 9.17) is 11.6 Å². The zero-order valence-corrected chi connectivity index (χ0v) is 11.9. The average Bonchev–Trinajstić information content (AvgIpc) is 2.94. The first-order chi connectivity index (χ1) is 9.56. The Labute approximate surface area is 122 Å². The van der Waals surface area contributed by atoms with Crippen molar-refractivity contribution in [2.45, 2.75) is 25.7 Å². The molecule has 0 unspecified atom stereocenters. The molecule has 0 atom stereocenters. The van der Waals surface area contributed by atoms with Crippen LogP contribution in [0.25, 0.3) is 0 Å². The van der Waals surface area contributed by atoms with E-state index in [9.17, 15) is 14.9 Å². The van der Waals surface area contributed by atoms with Crippen molar-refractivity contribution in [2.24, 2.45) is 5.41 Å². The maximum Gasteiger partial charge on any atom is 0.269 e. The zero-order chi connectivity index (χ0) is 14.6. The number of carbonyl (C=O) groups excluding carboxylic acids is 1. The highest BCUT2D eigenvalue weighted by Crippen LogP contribution is 2.38. The van der Waals surface area contributed by atoms with Gasteiger partial charge in [-0.25, -0.2) is 0 Å². The fourth-order valence-electron chi connectivity index (χ4n) is 2.59. The predicted octanol–water partition coefficient (Wildman–Crippen LogP) is 3.12. The highest BCUT2D eigenvalue weighted by Gasteiger charge is 2.33. The Hall–Kier alpha value is -1.62. The first-order valence-corrected chi connectivity index (χ1v) is 7.18. The summed E-state index contributed by atoms with van der Waals surface area (Å²) in [6, 6.07) is 5.61. The van der Waals surface area contributed by atoms with E-state index in [1.165, 1.54) is 24.3 Å². The molecule has 1 aliphatic rings. The molecule has 1 amide bonds. The van der Waals surface area contributed by atoms with Crippen molar-refractivity contribution in [2.75, 3.05) is 12.4 Å². The SMILES string of the molecule is O=C(NCC1(CCl)CCCC1)c1ccc([N+](=O)[O-])cc1. The summed E-state index contributed by atoms with van der Waals surface area (Å²) in [5.74, 6) is 0.337. The number of hydrogen-bond donors (Lipinski definition) is 1. The molecule has 1 N–H and O–H groups in total. The van der Waals surface area contributed by atoms with Gasteiger partial charge in [-0.15, -0.1) is 11.6 Å². The number of non-ortho nitro benzene ring substituents is 1. The fraction of sp³-hybridized carbons (Fsp3) is 0.500. The van der Waals surface area contributed by atoms with E-state index < -0.39 is 4.92 Å². The lowest BCUT2D eigenvalue weighted by Gasteiger charge is -2.26. The summed E-state index contributed by atoms with van der Waals surface area (Å²) in [6.45, 7) is 0.562. The van der Waals surface area contributed by atoms with Crippen LogP contribution >= 0.6 is 11.6 Å². The van der Waals surface area contributed by atoms with Crippen molar-refractivity contribution >= 4 is 23.2 Å². The Morgan fingerprint density at radius 2 is 1.90 bits per heavy atom. The van der Waals surface area contributed by atoms with Gasteiger partial charge in [0.15, 0.2) is 0 Å². The molecule has 5 nitrogen and oxygen atoms in total. The number of halogens is 1. The number of rotatable bonds is 5. The lowest BCUT2D eigenvalue weighted by Crippen LogP contribution is -2.37. The largest absolute Gasteiger partial charge is 0.351 e. The van der Waals surface area contributed by atoms with Gasteiger partial charge < -0.3 is 5.32 Å². The van der Waals surface area contributed by atoms with Crippen molar-refractivity contribution < 1.29 is 9.72 Å². The first-order valence-electron chi connectivity index (χ1n) is 6.65. The van der Waals surface area contributed by atoms with Gasteiger partial charge in [0.1, 0.15) is 0 Å². The number of alkyl halides is 1. The standard InChI is InChI=1S/C14H17ClN2O3/c15-9-14(7-1-2-8-14)10-16-13(18)11-3-5-12(6-4-11)17(19)20/h3-6H,1-2,7-10H2,(H,16,18). The summed E-state index contributed by atoms with van der Waals surface area (Å²) >= 11 is 6.02. The van der Waals surface area contributed by atoms with Gasteiger partial charge in [-0.1, -0.05) is 12.8 Å². The van der Waals surface area contributed by atoms with Crippen LogP contribution in [0.1, 0.15) is 36.0 Å². The second-order valence-corrected chi connectivity index (χ2v) is 5.59. The zero-order valence-electron chi connectivity index (χ0n) is 11.1. The van der Waals surface area contributed by atoms with E-state index >= 15 is 0 Å². The van der Waals surface area contributed by atoms with Gasteiger partial charge in [0.25, 0.3) is 11.6 Å². The molecule has 2 rings (SSSR count). The smallest absolute Gasteiger partial charge is 0.269 e. The minimum Gasteiger partial charge on any atom is -0.351 e. The van der Waals surface area contributed by atoms with Crippen molar-refractivity contribution in [1.29, 1.82) is 0 Å². The van der Waals surface area contributed by atoms with E-state index in [-0.39, 0.29) is 17.0 Å². The van der Waals surface area contributed by atoms with Crippen LogP contribution in [0, 0.1) is 15.5 Å². The van der Waals surface area contributed by atoms with Crippen LogP contribution in [0.2, 0.25) is 0 Å². The summed E-state index contributed by atoms with van der Waals surface area (Å²) < 4.78 is 0. The minimum atomic E-state index is -0.483. The molecule has 0 bridgehead atoms. The van der Waals surface area contributed by atoms with Crippen LogP contribution in [0.3, 0.4) is 0 Å². The van der Waals surface area contributed by atoms with E-state index in [1.54, 1.807) is 0 Å². The van der Waals surface area contributed by atoms with E-state index in [2.05, 4.69) is 5.32 Å². The van der Waals surface area contributed by atoms with Crippen molar-refractivity contribution in [1.82, 2.24) is 5.32 Å². The number of nitrogens with one attached hydrogen (secondary N) is 1. The maximum atomic E-state index is 12.0. The van der Waals surface area contributed by atoms with Crippen LogP contribution in [-0.4, -0.2) is 23.3 Å². The number of nitro groups is 1. The molecule has 1 aliphatic carbocycles. The maximum absolute atomic E-state index is 12.0. The third-order valence-electron chi connectivity index (χ3n) is 3.91. The van der Waals surface area contributed by atoms with Crippen molar-refractivity contribution in [3.8, 4) is 0 Å². The number of amides is 1. The lowest BCUT2D eigenvalue weighted by atomic mass is 9.88. The first kappa shape index (κ1) is 14.8. The normalized spacial score (nSPS) is 16.9. The van der Waals surface area contributed by atoms with Gasteiger partial charge in [0.05, 0.1) is 4.92 Å². The third kappa shape index (κ3) is 3.28. The molecule has 0 aromatic heterocycles. The number of nitro benzene ring substituents is 1. The molecule has 20 heavy (non-hydrogen) atoms. The molecule has 1 saturated carbocycles. The molecule has 0 radical (unpaired) electrons. The van der Waals surface area contributed by atoms with Crippen LogP contribution in [0.4, 0.5) is 5.69 Å². The molecule has 6 heteroatoms. The second kappa shape index (κ2) is 6.22. The molecule has 0 aliphatic heterocycles. The summed E-state index contributed by atoms with van der Waals surface area (Å²) in [4.78, 5) is 22.1. The number of carbonyl (C=O) groups is 1. The van der Waals surface area contributed by atoms with Gasteiger partial charge >= 0.3 is 0 Å². The molecular weight excluding hydrogens is 280 g/mol. The number of hydrogen-bond acceptors (Lipinski definition) is 3. The number of nitrogens with zero attached hydrogens (tertiary/aromatic N) is 1. The Kier molecular flexibility index (Phi) is 4.60. The predicted molar refractivity (Wildman–Crippen MR) is 77.1 cm³/mol. The molecule has 108 valence electrons. The third-order valence-corrected chi connectivity index (χ3v) is 4.48. The summed E-state index contributed by atoms with van der Waals surface area (Å²) in [5.41, 5.74) is 0.422. The molecule has 0 spiro atoms. The summed E-state index contributed by atoms with van der Waals surface area (Å²) in [6.07, 6.45) is 4.38. The van der Waals surface area contributed by atoms with Crippen LogP contribution in [-0.2, 0) is 0 Å². The Morgan fingerprint density at radius 3 is 2.40 bits per heavy atom. The molecule has 1 aromatic carbocycles. The molecule has 1 aromatic rings. The molecule has 1 fully saturated rings. The van der Waals surface area contributed by atoms with E-state index in [0.717, 1.165) is 25.7 Å². The highest BCUT2D eigenvalue weighted by atomic mass is 35.5. The second-order valence-electron chi connectivity index (χ2n) is 5.33. The van der Waals surface area contributed by atoms with E-state index in [1.807, 2.05) is 0 Å². The Morgan fingerprint density at radius 1 is 1.30 bits per heavy atom. The molecule has 0 heterocycles. The van der Waals surface area contributed by atoms with Crippen LogP contribution < -0.4 is 5.32 Å². The van der Waals surface area contributed by atoms with Crippen LogP contribution in [0.15, 0.2) is 24.3 Å². The van der Waals surface area contributed by atoms with E-state index in [0.29, 0.717) is 18.0 Å². The van der Waals surface area contributed by atoms with Gasteiger partial charge in [-0.3, -0.25) is 14.9 Å². The van der Waals surface area contributed by atoms with Gasteiger partial charge in [-0.05, 0) is 25.0 Å². The summed E-state index contributed by atoms with van der Waals surface area (Å²) in [5, 5.41) is 13.4. The quantitative estimate of drug-likeness (QED) is 0.515. The fourth-order valence-corrected chi connectivity index (χ4v) is 2.95. The monoisotopic (exact) mass is 296 g/mol. The highest BCUT2D eigenvalue weighted by molar-refractivity contribution is 6.18. The van der Waals surface area contributed by atoms with Gasteiger partial charge in [0, 0.05) is 35.5 Å². The average molecular weight is 297 g/mol. The lowest BCUT2D eigenvalue weighted by molar-refractivity contribution is -0.384. The molecular formula is C14H17ClN2O3. The molecule has 0 saturated heterocycles. The van der Waals surface area contributed by atoms with Crippen LogP contribution in [0.5, 0.6) is 0 Å². The Balaban J connectivity index is 1.96. The summed E-state index contributed by atoms with van der Waals surface area (Å²) in [7, 11) is 0.